The van der Waals surface area contributed by atoms with Gasteiger partial charge in [-0.1, -0.05) is 18.2 Å². The first-order chi connectivity index (χ1) is 15.3. The first kappa shape index (κ1) is 22.6. The number of aryl methyl sites for hydroxylation is 2. The van der Waals surface area contributed by atoms with Crippen molar-refractivity contribution in [3.05, 3.63) is 82.3 Å². The molecule has 8 heteroatoms. The number of methoxy groups -OCH3 is 2. The zero-order valence-electron chi connectivity index (χ0n) is 18.2. The maximum Gasteiger partial charge on any atom is 0.337 e. The largest absolute Gasteiger partial charge is 0.485 e. The second kappa shape index (κ2) is 9.82. The summed E-state index contributed by atoms with van der Waals surface area (Å²) in [5, 5.41) is 2.61. The minimum absolute atomic E-state index is 0.0493. The molecule has 3 aromatic rings. The standard InChI is InChI=1S/C24H23NO7/c1-14-6-5-7-15(2)21(14)31-13-19-8-9-20(32-19)22(26)25-18-11-16(23(27)29-3)10-17(12-18)24(28)30-4/h5-12H,13H2,1-4H3,(H,25,26). The van der Waals surface area contributed by atoms with Gasteiger partial charge in [0.15, 0.2) is 5.76 Å². The van der Waals surface area contributed by atoms with Gasteiger partial charge in [-0.25, -0.2) is 9.59 Å². The van der Waals surface area contributed by atoms with Crippen LogP contribution < -0.4 is 10.1 Å². The summed E-state index contributed by atoms with van der Waals surface area (Å²) in [6.45, 7) is 4.06. The molecule has 0 radical (unpaired) electrons. The minimum Gasteiger partial charge on any atom is -0.485 e. The van der Waals surface area contributed by atoms with Crippen molar-refractivity contribution in [3.63, 3.8) is 0 Å². The van der Waals surface area contributed by atoms with E-state index >= 15 is 0 Å². The van der Waals surface area contributed by atoms with E-state index in [1.165, 1.54) is 38.5 Å². The Morgan fingerprint density at radius 1 is 0.875 bits per heavy atom. The monoisotopic (exact) mass is 437 g/mol. The second-order valence-electron chi connectivity index (χ2n) is 7.01. The number of anilines is 1. The highest BCUT2D eigenvalue weighted by molar-refractivity contribution is 6.04. The highest BCUT2D eigenvalue weighted by Gasteiger charge is 2.17. The maximum absolute atomic E-state index is 12.6. The second-order valence-corrected chi connectivity index (χ2v) is 7.01. The van der Waals surface area contributed by atoms with Crippen LogP contribution in [0.2, 0.25) is 0 Å². The van der Waals surface area contributed by atoms with Crippen molar-refractivity contribution in [1.82, 2.24) is 0 Å². The molecule has 0 bridgehead atoms. The fourth-order valence-electron chi connectivity index (χ4n) is 3.11. The number of para-hydroxylation sites is 1. The molecule has 0 aliphatic carbocycles. The molecule has 0 unspecified atom stereocenters. The summed E-state index contributed by atoms with van der Waals surface area (Å²) in [5.74, 6) is -0.582. The number of carbonyl (C=O) groups is 3. The van der Waals surface area contributed by atoms with E-state index in [1.807, 2.05) is 32.0 Å². The quantitative estimate of drug-likeness (QED) is 0.550. The van der Waals surface area contributed by atoms with Crippen LogP contribution in [0.5, 0.6) is 5.75 Å². The van der Waals surface area contributed by atoms with Crippen molar-refractivity contribution in [2.45, 2.75) is 20.5 Å². The van der Waals surface area contributed by atoms with Crippen molar-refractivity contribution < 1.29 is 33.0 Å². The number of hydrogen-bond acceptors (Lipinski definition) is 7. The van der Waals surface area contributed by atoms with E-state index in [2.05, 4.69) is 5.32 Å². The molecule has 166 valence electrons. The molecule has 0 saturated carbocycles. The maximum atomic E-state index is 12.6. The van der Waals surface area contributed by atoms with E-state index < -0.39 is 17.8 Å². The first-order valence-electron chi connectivity index (χ1n) is 9.73. The molecule has 0 aliphatic rings. The van der Waals surface area contributed by atoms with Crippen LogP contribution in [0.3, 0.4) is 0 Å². The number of hydrogen-bond donors (Lipinski definition) is 1. The van der Waals surface area contributed by atoms with E-state index in [0.717, 1.165) is 16.9 Å². The number of carbonyl (C=O) groups excluding carboxylic acids is 3. The Kier molecular flexibility index (Phi) is 6.94. The lowest BCUT2D eigenvalue weighted by Gasteiger charge is -2.10. The van der Waals surface area contributed by atoms with E-state index in [1.54, 1.807) is 6.07 Å². The van der Waals surface area contributed by atoms with Crippen LogP contribution in [-0.4, -0.2) is 32.1 Å². The molecule has 1 N–H and O–H groups in total. The summed E-state index contributed by atoms with van der Waals surface area (Å²) in [6, 6.07) is 13.1. The third-order valence-corrected chi connectivity index (χ3v) is 4.69. The van der Waals surface area contributed by atoms with Gasteiger partial charge in [0, 0.05) is 5.69 Å². The molecule has 32 heavy (non-hydrogen) atoms. The van der Waals surface area contributed by atoms with E-state index in [-0.39, 0.29) is 29.2 Å². The number of ether oxygens (including phenoxy) is 3. The lowest BCUT2D eigenvalue weighted by atomic mass is 10.1. The normalized spacial score (nSPS) is 10.4. The molecule has 3 rings (SSSR count). The van der Waals surface area contributed by atoms with Crippen molar-refractivity contribution in [2.75, 3.05) is 19.5 Å². The Labute approximate surface area is 185 Å². The summed E-state index contributed by atoms with van der Waals surface area (Å²) in [5.41, 5.74) is 2.39. The Morgan fingerprint density at radius 2 is 1.47 bits per heavy atom. The van der Waals surface area contributed by atoms with Gasteiger partial charge in [0.05, 0.1) is 25.3 Å². The van der Waals surface area contributed by atoms with Gasteiger partial charge in [0.2, 0.25) is 0 Å². The molecule has 1 heterocycles. The molecule has 0 atom stereocenters. The molecular weight excluding hydrogens is 414 g/mol. The van der Waals surface area contributed by atoms with Gasteiger partial charge >= 0.3 is 11.9 Å². The SMILES string of the molecule is COC(=O)c1cc(NC(=O)c2ccc(COc3c(C)cccc3C)o2)cc(C(=O)OC)c1. The number of rotatable bonds is 7. The Balaban J connectivity index is 1.74. The topological polar surface area (TPSA) is 104 Å². The molecule has 2 aromatic carbocycles. The molecular formula is C24H23NO7. The number of amides is 1. The average Bonchev–Trinajstić information content (AvgIpc) is 3.26. The molecule has 0 saturated heterocycles. The summed E-state index contributed by atoms with van der Waals surface area (Å²) >= 11 is 0. The third-order valence-electron chi connectivity index (χ3n) is 4.69. The molecule has 1 amide bonds. The highest BCUT2D eigenvalue weighted by atomic mass is 16.5. The van der Waals surface area contributed by atoms with Crippen LogP contribution in [0.25, 0.3) is 0 Å². The van der Waals surface area contributed by atoms with Crippen molar-refractivity contribution >= 4 is 23.5 Å². The predicted octanol–water partition coefficient (Wildman–Crippen LogP) is 4.30. The average molecular weight is 437 g/mol. The molecule has 0 spiro atoms. The van der Waals surface area contributed by atoms with Crippen molar-refractivity contribution in [1.29, 1.82) is 0 Å². The fraction of sp³-hybridized carbons (Fsp3) is 0.208. The van der Waals surface area contributed by atoms with Gasteiger partial charge in [0.1, 0.15) is 18.1 Å². The summed E-state index contributed by atoms with van der Waals surface area (Å²) in [4.78, 5) is 36.4. The van der Waals surface area contributed by atoms with E-state index in [4.69, 9.17) is 18.6 Å². The van der Waals surface area contributed by atoms with E-state index in [9.17, 15) is 14.4 Å². The van der Waals surface area contributed by atoms with Crippen LogP contribution in [0.15, 0.2) is 52.9 Å². The Bertz CT molecular complexity index is 1110. The number of benzene rings is 2. The van der Waals surface area contributed by atoms with Crippen molar-refractivity contribution in [3.8, 4) is 5.75 Å². The smallest absolute Gasteiger partial charge is 0.337 e. The Hall–Kier alpha value is -4.07. The Morgan fingerprint density at radius 3 is 2.03 bits per heavy atom. The summed E-state index contributed by atoms with van der Waals surface area (Å²) in [6.07, 6.45) is 0. The van der Waals surface area contributed by atoms with Gasteiger partial charge in [-0.05, 0) is 55.3 Å². The van der Waals surface area contributed by atoms with Crippen LogP contribution in [0, 0.1) is 13.8 Å². The summed E-state index contributed by atoms with van der Waals surface area (Å²) in [7, 11) is 2.44. The lowest BCUT2D eigenvalue weighted by molar-refractivity contribution is 0.0599. The van der Waals surface area contributed by atoms with Gasteiger partial charge in [0.25, 0.3) is 5.91 Å². The molecule has 0 fully saturated rings. The van der Waals surface area contributed by atoms with Gasteiger partial charge in [-0.3, -0.25) is 4.79 Å². The van der Waals surface area contributed by atoms with Gasteiger partial charge in [-0.15, -0.1) is 0 Å². The third kappa shape index (κ3) is 5.15. The number of esters is 2. The minimum atomic E-state index is -0.657. The predicted molar refractivity (Wildman–Crippen MR) is 116 cm³/mol. The van der Waals surface area contributed by atoms with Crippen LogP contribution in [0.4, 0.5) is 5.69 Å². The number of nitrogens with one attached hydrogen (secondary N) is 1. The highest BCUT2D eigenvalue weighted by Crippen LogP contribution is 2.24. The lowest BCUT2D eigenvalue weighted by Crippen LogP contribution is -2.13. The molecule has 1 aromatic heterocycles. The zero-order chi connectivity index (χ0) is 23.3. The van der Waals surface area contributed by atoms with Gasteiger partial charge in [-0.2, -0.15) is 0 Å². The van der Waals surface area contributed by atoms with Gasteiger partial charge < -0.3 is 23.9 Å². The molecule has 0 aliphatic heterocycles. The number of furan rings is 1. The van der Waals surface area contributed by atoms with Crippen LogP contribution in [0.1, 0.15) is 48.2 Å². The van der Waals surface area contributed by atoms with E-state index in [0.29, 0.717) is 5.76 Å². The van der Waals surface area contributed by atoms with Crippen molar-refractivity contribution in [2.24, 2.45) is 0 Å². The summed E-state index contributed by atoms with van der Waals surface area (Å²) < 4.78 is 20.8. The van der Waals surface area contributed by atoms with Crippen LogP contribution in [-0.2, 0) is 16.1 Å². The first-order valence-corrected chi connectivity index (χ1v) is 9.73. The zero-order valence-corrected chi connectivity index (χ0v) is 18.2. The molecule has 8 nitrogen and oxygen atoms in total. The van der Waals surface area contributed by atoms with Crippen LogP contribution >= 0.6 is 0 Å². The fourth-order valence-corrected chi connectivity index (χ4v) is 3.11.